The van der Waals surface area contributed by atoms with Gasteiger partial charge in [-0.05, 0) is 111 Å². The molecule has 0 spiro atoms. The quantitative estimate of drug-likeness (QED) is 0.179. The third-order valence-corrected chi connectivity index (χ3v) is 10.3. The second-order valence-corrected chi connectivity index (χ2v) is 12.8. The van der Waals surface area contributed by atoms with E-state index in [1.807, 2.05) is 0 Å². The van der Waals surface area contributed by atoms with Gasteiger partial charge in [-0.3, -0.25) is 0 Å². The number of rotatable bonds is 3. The molecule has 9 aromatic rings. The van der Waals surface area contributed by atoms with E-state index in [1.165, 1.54) is 98.7 Å². The Morgan fingerprint density at radius 1 is 0.277 bits per heavy atom. The van der Waals surface area contributed by atoms with Crippen molar-refractivity contribution in [2.45, 2.75) is 6.42 Å². The third-order valence-electron chi connectivity index (χ3n) is 10.3. The summed E-state index contributed by atoms with van der Waals surface area (Å²) in [5.41, 5.74) is 13.3. The van der Waals surface area contributed by atoms with E-state index in [1.54, 1.807) is 0 Å². The van der Waals surface area contributed by atoms with Gasteiger partial charge in [-0.1, -0.05) is 164 Å². The van der Waals surface area contributed by atoms with E-state index >= 15 is 0 Å². The maximum Gasteiger partial charge on any atom is -0.00132 e. The van der Waals surface area contributed by atoms with Crippen molar-refractivity contribution in [3.63, 3.8) is 0 Å². The standard InChI is InChI=1S/C47H30/c1-2-13-31(14-3-1)45-39-18-8-10-20-41(39)47(42-21-11-9-19-40(42)45)43-27-26-35(37-16-6-7-17-38(37)43)33-24-23-32-28-34-25-22-30-12-4-5-15-36(30)46(34)44(32)29-33/h1-27,29H,28H2. The lowest BCUT2D eigenvalue weighted by atomic mass is 9.83. The number of fused-ring (bicyclic) bond motifs is 8. The zero-order chi connectivity index (χ0) is 30.9. The minimum atomic E-state index is 0.995. The maximum absolute atomic E-state index is 2.44. The van der Waals surface area contributed by atoms with Crippen LogP contribution in [0.4, 0.5) is 0 Å². The monoisotopic (exact) mass is 594 g/mol. The predicted molar refractivity (Wildman–Crippen MR) is 201 cm³/mol. The van der Waals surface area contributed by atoms with Gasteiger partial charge < -0.3 is 0 Å². The topological polar surface area (TPSA) is 0 Å². The van der Waals surface area contributed by atoms with Crippen LogP contribution in [0.3, 0.4) is 0 Å². The van der Waals surface area contributed by atoms with Gasteiger partial charge in [0.05, 0.1) is 0 Å². The Labute approximate surface area is 274 Å². The van der Waals surface area contributed by atoms with Crippen molar-refractivity contribution in [2.24, 2.45) is 0 Å². The predicted octanol–water partition coefficient (Wildman–Crippen LogP) is 12.9. The smallest absolute Gasteiger partial charge is 0.00132 e. The van der Waals surface area contributed by atoms with E-state index in [9.17, 15) is 0 Å². The molecule has 9 aromatic carbocycles. The molecule has 0 unspecified atom stereocenters. The van der Waals surface area contributed by atoms with Crippen LogP contribution in [0.15, 0.2) is 170 Å². The van der Waals surface area contributed by atoms with Crippen LogP contribution in [0.25, 0.3) is 87.6 Å². The van der Waals surface area contributed by atoms with Crippen molar-refractivity contribution in [3.8, 4) is 44.5 Å². The fourth-order valence-electron chi connectivity index (χ4n) is 8.22. The van der Waals surface area contributed by atoms with Crippen molar-refractivity contribution in [1.82, 2.24) is 0 Å². The molecule has 0 aromatic heterocycles. The molecule has 0 heteroatoms. The Balaban J connectivity index is 1.22. The first-order chi connectivity index (χ1) is 23.3. The van der Waals surface area contributed by atoms with E-state index in [2.05, 4.69) is 170 Å². The molecule has 0 saturated heterocycles. The van der Waals surface area contributed by atoms with Gasteiger partial charge in [0.1, 0.15) is 0 Å². The van der Waals surface area contributed by atoms with Crippen LogP contribution in [-0.4, -0.2) is 0 Å². The number of hydrogen-bond donors (Lipinski definition) is 0. The van der Waals surface area contributed by atoms with Crippen LogP contribution in [0.5, 0.6) is 0 Å². The van der Waals surface area contributed by atoms with Crippen molar-refractivity contribution < 1.29 is 0 Å². The van der Waals surface area contributed by atoms with Crippen molar-refractivity contribution >= 4 is 43.1 Å². The second-order valence-electron chi connectivity index (χ2n) is 12.8. The van der Waals surface area contributed by atoms with Crippen molar-refractivity contribution in [2.75, 3.05) is 0 Å². The summed E-state index contributed by atoms with van der Waals surface area (Å²) in [7, 11) is 0. The van der Waals surface area contributed by atoms with Gasteiger partial charge in [-0.25, -0.2) is 0 Å². The Bertz CT molecular complexity index is 2640. The van der Waals surface area contributed by atoms with Crippen LogP contribution in [0.1, 0.15) is 11.1 Å². The molecule has 1 aliphatic carbocycles. The highest BCUT2D eigenvalue weighted by atomic mass is 14.3. The molecule has 0 atom stereocenters. The molecule has 0 heterocycles. The molecule has 0 aliphatic heterocycles. The summed E-state index contributed by atoms with van der Waals surface area (Å²) >= 11 is 0. The average molecular weight is 595 g/mol. The van der Waals surface area contributed by atoms with Crippen LogP contribution >= 0.6 is 0 Å². The number of hydrogen-bond acceptors (Lipinski definition) is 0. The van der Waals surface area contributed by atoms with Crippen LogP contribution < -0.4 is 0 Å². The van der Waals surface area contributed by atoms with E-state index < -0.39 is 0 Å². The summed E-state index contributed by atoms with van der Waals surface area (Å²) in [6.45, 7) is 0. The molecule has 47 heavy (non-hydrogen) atoms. The molecule has 0 radical (unpaired) electrons. The fraction of sp³-hybridized carbons (Fsp3) is 0.0213. The molecule has 0 bridgehead atoms. The molecule has 0 amide bonds. The zero-order valence-electron chi connectivity index (χ0n) is 25.9. The Kier molecular flexibility index (Phi) is 5.74. The Hall–Kier alpha value is -5.98. The molecule has 0 nitrogen and oxygen atoms in total. The summed E-state index contributed by atoms with van der Waals surface area (Å²) < 4.78 is 0. The van der Waals surface area contributed by atoms with Crippen LogP contribution in [-0.2, 0) is 6.42 Å². The largest absolute Gasteiger partial charge is 0.0622 e. The lowest BCUT2D eigenvalue weighted by Crippen LogP contribution is -1.92. The highest BCUT2D eigenvalue weighted by Gasteiger charge is 2.23. The minimum absolute atomic E-state index is 0.995. The van der Waals surface area contributed by atoms with Gasteiger partial charge in [0, 0.05) is 0 Å². The van der Waals surface area contributed by atoms with Crippen molar-refractivity contribution in [1.29, 1.82) is 0 Å². The Morgan fingerprint density at radius 2 is 0.809 bits per heavy atom. The molecular weight excluding hydrogens is 565 g/mol. The first-order valence-electron chi connectivity index (χ1n) is 16.5. The zero-order valence-corrected chi connectivity index (χ0v) is 25.9. The molecule has 218 valence electrons. The lowest BCUT2D eigenvalue weighted by Gasteiger charge is -2.19. The SMILES string of the molecule is c1ccc(-c2c3ccccc3c(-c3ccc(-c4ccc5c(c4)-c4c(ccc6ccccc46)C5)c4ccccc34)c3ccccc23)cc1. The molecular formula is C47H30. The summed E-state index contributed by atoms with van der Waals surface area (Å²) in [6.07, 6.45) is 0.995. The van der Waals surface area contributed by atoms with Crippen LogP contribution in [0, 0.1) is 0 Å². The summed E-state index contributed by atoms with van der Waals surface area (Å²) in [6, 6.07) is 62.9. The molecule has 1 aliphatic rings. The molecule has 0 saturated carbocycles. The lowest BCUT2D eigenvalue weighted by molar-refractivity contribution is 1.27. The minimum Gasteiger partial charge on any atom is -0.0622 e. The van der Waals surface area contributed by atoms with E-state index in [0.717, 1.165) is 6.42 Å². The fourth-order valence-corrected chi connectivity index (χ4v) is 8.22. The van der Waals surface area contributed by atoms with Gasteiger partial charge in [0.15, 0.2) is 0 Å². The maximum atomic E-state index is 2.44. The van der Waals surface area contributed by atoms with Gasteiger partial charge in [-0.2, -0.15) is 0 Å². The van der Waals surface area contributed by atoms with Crippen molar-refractivity contribution in [3.05, 3.63) is 181 Å². The number of benzene rings is 9. The molecule has 0 fully saturated rings. The van der Waals surface area contributed by atoms with E-state index in [0.29, 0.717) is 0 Å². The van der Waals surface area contributed by atoms with Gasteiger partial charge >= 0.3 is 0 Å². The second kappa shape index (κ2) is 10.3. The van der Waals surface area contributed by atoms with Gasteiger partial charge in [0.25, 0.3) is 0 Å². The normalized spacial score (nSPS) is 12.2. The summed E-state index contributed by atoms with van der Waals surface area (Å²) in [4.78, 5) is 0. The highest BCUT2D eigenvalue weighted by Crippen LogP contribution is 2.48. The molecule has 0 N–H and O–H groups in total. The average Bonchev–Trinajstić information content (AvgIpc) is 3.52. The first kappa shape index (κ1) is 26.3. The van der Waals surface area contributed by atoms with Crippen LogP contribution in [0.2, 0.25) is 0 Å². The summed E-state index contributed by atoms with van der Waals surface area (Å²) in [5.74, 6) is 0. The van der Waals surface area contributed by atoms with Gasteiger partial charge in [0.2, 0.25) is 0 Å². The highest BCUT2D eigenvalue weighted by molar-refractivity contribution is 6.24. The third kappa shape index (κ3) is 3.95. The van der Waals surface area contributed by atoms with Gasteiger partial charge in [-0.15, -0.1) is 0 Å². The Morgan fingerprint density at radius 3 is 1.51 bits per heavy atom. The molecule has 10 rings (SSSR count). The van der Waals surface area contributed by atoms with E-state index in [-0.39, 0.29) is 0 Å². The summed E-state index contributed by atoms with van der Waals surface area (Å²) in [5, 5.41) is 10.3. The first-order valence-corrected chi connectivity index (χ1v) is 16.5. The van der Waals surface area contributed by atoms with E-state index in [4.69, 9.17) is 0 Å².